The smallest absolute Gasteiger partial charge is 0.274 e. The molecule has 0 aliphatic rings. The number of rotatable bonds is 7. The standard InChI is InChI=1S/C17H19N3O3/c1-4-8-18-12-7-9-19-15(10-12)17(21)20-14-11-13(22-2)5-6-16(14)23-3/h4-7,9-11H,1,8H2,2-3H3,(H,18,19)(H,20,21). The molecule has 0 bridgehead atoms. The highest BCUT2D eigenvalue weighted by Gasteiger charge is 2.12. The Kier molecular flexibility index (Phi) is 5.57. The predicted octanol–water partition coefficient (Wildman–Crippen LogP) is 2.95. The average Bonchev–Trinajstić information content (AvgIpc) is 2.60. The van der Waals surface area contributed by atoms with E-state index >= 15 is 0 Å². The lowest BCUT2D eigenvalue weighted by molar-refractivity contribution is 0.102. The summed E-state index contributed by atoms with van der Waals surface area (Å²) in [5.74, 6) is 0.828. The SMILES string of the molecule is C=CCNc1ccnc(C(=O)Nc2cc(OC)ccc2OC)c1. The third-order valence-electron chi connectivity index (χ3n) is 3.10. The molecule has 23 heavy (non-hydrogen) atoms. The van der Waals surface area contributed by atoms with E-state index in [9.17, 15) is 4.79 Å². The van der Waals surface area contributed by atoms with Crippen molar-refractivity contribution in [3.63, 3.8) is 0 Å². The van der Waals surface area contributed by atoms with Gasteiger partial charge in [-0.25, -0.2) is 0 Å². The Bertz CT molecular complexity index is 701. The first-order chi connectivity index (χ1) is 11.2. The molecule has 2 aromatic rings. The fourth-order valence-electron chi connectivity index (χ4n) is 1.95. The molecule has 0 spiro atoms. The number of aromatic nitrogens is 1. The highest BCUT2D eigenvalue weighted by atomic mass is 16.5. The number of hydrogen-bond acceptors (Lipinski definition) is 5. The van der Waals surface area contributed by atoms with Crippen LogP contribution >= 0.6 is 0 Å². The van der Waals surface area contributed by atoms with Crippen LogP contribution in [0.3, 0.4) is 0 Å². The Morgan fingerprint density at radius 3 is 2.78 bits per heavy atom. The van der Waals surface area contributed by atoms with Gasteiger partial charge in [-0.05, 0) is 24.3 Å². The predicted molar refractivity (Wildman–Crippen MR) is 90.4 cm³/mol. The number of nitrogens with zero attached hydrogens (tertiary/aromatic N) is 1. The van der Waals surface area contributed by atoms with Gasteiger partial charge >= 0.3 is 0 Å². The van der Waals surface area contributed by atoms with E-state index in [4.69, 9.17) is 9.47 Å². The lowest BCUT2D eigenvalue weighted by Crippen LogP contribution is -2.15. The molecular weight excluding hydrogens is 294 g/mol. The first-order valence-electron chi connectivity index (χ1n) is 7.02. The van der Waals surface area contributed by atoms with Crippen molar-refractivity contribution in [1.82, 2.24) is 4.98 Å². The van der Waals surface area contributed by atoms with Crippen LogP contribution in [0.15, 0.2) is 49.2 Å². The van der Waals surface area contributed by atoms with E-state index in [0.717, 1.165) is 5.69 Å². The molecule has 0 saturated heterocycles. The summed E-state index contributed by atoms with van der Waals surface area (Å²) in [6, 6.07) is 8.63. The summed E-state index contributed by atoms with van der Waals surface area (Å²) in [4.78, 5) is 16.5. The molecule has 1 aromatic carbocycles. The van der Waals surface area contributed by atoms with Crippen LogP contribution in [0.4, 0.5) is 11.4 Å². The Hall–Kier alpha value is -3.02. The lowest BCUT2D eigenvalue weighted by atomic mass is 10.2. The van der Waals surface area contributed by atoms with Crippen molar-refractivity contribution in [2.24, 2.45) is 0 Å². The molecule has 0 aliphatic heterocycles. The molecule has 1 aromatic heterocycles. The quantitative estimate of drug-likeness (QED) is 0.769. The molecule has 120 valence electrons. The zero-order valence-corrected chi connectivity index (χ0v) is 13.1. The third-order valence-corrected chi connectivity index (χ3v) is 3.10. The molecule has 0 aliphatic carbocycles. The number of carbonyl (C=O) groups excluding carboxylic acids is 1. The summed E-state index contributed by atoms with van der Waals surface area (Å²) >= 11 is 0. The average molecular weight is 313 g/mol. The third kappa shape index (κ3) is 4.23. The molecule has 0 radical (unpaired) electrons. The van der Waals surface area contributed by atoms with E-state index in [2.05, 4.69) is 22.2 Å². The maximum absolute atomic E-state index is 12.4. The first kappa shape index (κ1) is 16.4. The van der Waals surface area contributed by atoms with E-state index in [-0.39, 0.29) is 5.91 Å². The number of pyridine rings is 1. The van der Waals surface area contributed by atoms with Crippen molar-refractivity contribution < 1.29 is 14.3 Å². The van der Waals surface area contributed by atoms with E-state index in [1.807, 2.05) is 0 Å². The summed E-state index contributed by atoms with van der Waals surface area (Å²) in [7, 11) is 3.10. The molecule has 0 unspecified atom stereocenters. The van der Waals surface area contributed by atoms with Crippen molar-refractivity contribution >= 4 is 17.3 Å². The van der Waals surface area contributed by atoms with Crippen LogP contribution in [0.1, 0.15) is 10.5 Å². The number of amides is 1. The van der Waals surface area contributed by atoms with Crippen molar-refractivity contribution in [3.05, 3.63) is 54.9 Å². The minimum absolute atomic E-state index is 0.295. The second-order valence-electron chi connectivity index (χ2n) is 4.62. The van der Waals surface area contributed by atoms with Crippen LogP contribution in [0.5, 0.6) is 11.5 Å². The zero-order valence-electron chi connectivity index (χ0n) is 13.1. The second kappa shape index (κ2) is 7.84. The molecule has 1 heterocycles. The Morgan fingerprint density at radius 2 is 2.09 bits per heavy atom. The van der Waals surface area contributed by atoms with Gasteiger partial charge in [0.1, 0.15) is 17.2 Å². The van der Waals surface area contributed by atoms with Crippen molar-refractivity contribution in [3.8, 4) is 11.5 Å². The maximum Gasteiger partial charge on any atom is 0.274 e. The molecule has 1 amide bonds. The van der Waals surface area contributed by atoms with Crippen molar-refractivity contribution in [1.29, 1.82) is 0 Å². The van der Waals surface area contributed by atoms with Crippen molar-refractivity contribution in [2.45, 2.75) is 0 Å². The minimum atomic E-state index is -0.334. The van der Waals surface area contributed by atoms with Gasteiger partial charge in [-0.1, -0.05) is 6.08 Å². The highest BCUT2D eigenvalue weighted by Crippen LogP contribution is 2.29. The lowest BCUT2D eigenvalue weighted by Gasteiger charge is -2.12. The molecule has 0 saturated carbocycles. The van der Waals surface area contributed by atoms with Crippen LogP contribution in [0, 0.1) is 0 Å². The number of nitrogens with one attached hydrogen (secondary N) is 2. The minimum Gasteiger partial charge on any atom is -0.497 e. The number of methoxy groups -OCH3 is 2. The first-order valence-corrected chi connectivity index (χ1v) is 7.02. The summed E-state index contributed by atoms with van der Waals surface area (Å²) in [5, 5.41) is 5.89. The molecule has 6 nitrogen and oxygen atoms in total. The normalized spacial score (nSPS) is 9.83. The van der Waals surface area contributed by atoms with Gasteiger partial charge in [-0.3, -0.25) is 9.78 Å². The van der Waals surface area contributed by atoms with Gasteiger partial charge in [0.2, 0.25) is 0 Å². The van der Waals surface area contributed by atoms with Crippen LogP contribution in [0.2, 0.25) is 0 Å². The summed E-state index contributed by atoms with van der Waals surface area (Å²) < 4.78 is 10.4. The van der Waals surface area contributed by atoms with Crippen LogP contribution in [-0.4, -0.2) is 31.7 Å². The number of benzene rings is 1. The molecule has 2 N–H and O–H groups in total. The number of ether oxygens (including phenoxy) is 2. The Labute approximate surface area is 135 Å². The monoisotopic (exact) mass is 313 g/mol. The van der Waals surface area contributed by atoms with Crippen LogP contribution in [-0.2, 0) is 0 Å². The molecule has 6 heteroatoms. The van der Waals surface area contributed by atoms with Gasteiger partial charge in [0, 0.05) is 24.5 Å². The topological polar surface area (TPSA) is 72.5 Å². The molecular formula is C17H19N3O3. The molecule has 2 rings (SSSR count). The largest absolute Gasteiger partial charge is 0.497 e. The van der Waals surface area contributed by atoms with E-state index < -0.39 is 0 Å². The summed E-state index contributed by atoms with van der Waals surface area (Å²) in [6.07, 6.45) is 3.31. The van der Waals surface area contributed by atoms with E-state index in [1.165, 1.54) is 7.11 Å². The van der Waals surface area contributed by atoms with Gasteiger partial charge < -0.3 is 20.1 Å². The van der Waals surface area contributed by atoms with Gasteiger partial charge in [0.15, 0.2) is 0 Å². The molecule has 0 atom stereocenters. The van der Waals surface area contributed by atoms with Crippen molar-refractivity contribution in [2.75, 3.05) is 31.4 Å². The zero-order chi connectivity index (χ0) is 16.7. The number of carbonyl (C=O) groups is 1. The Morgan fingerprint density at radius 1 is 1.26 bits per heavy atom. The second-order valence-corrected chi connectivity index (χ2v) is 4.62. The van der Waals surface area contributed by atoms with Gasteiger partial charge in [-0.15, -0.1) is 6.58 Å². The summed E-state index contributed by atoms with van der Waals surface area (Å²) in [5.41, 5.74) is 1.61. The number of hydrogen-bond donors (Lipinski definition) is 2. The fraction of sp³-hybridized carbons (Fsp3) is 0.176. The van der Waals surface area contributed by atoms with E-state index in [0.29, 0.717) is 29.4 Å². The summed E-state index contributed by atoms with van der Waals surface area (Å²) in [6.45, 7) is 4.25. The molecule has 0 fully saturated rings. The van der Waals surface area contributed by atoms with Gasteiger partial charge in [0.05, 0.1) is 19.9 Å². The van der Waals surface area contributed by atoms with Gasteiger partial charge in [-0.2, -0.15) is 0 Å². The number of anilines is 2. The maximum atomic E-state index is 12.4. The van der Waals surface area contributed by atoms with Crippen LogP contribution in [0.25, 0.3) is 0 Å². The highest BCUT2D eigenvalue weighted by molar-refractivity contribution is 6.04. The fourth-order valence-corrected chi connectivity index (χ4v) is 1.95. The van der Waals surface area contributed by atoms with Gasteiger partial charge in [0.25, 0.3) is 5.91 Å². The van der Waals surface area contributed by atoms with Crippen LogP contribution < -0.4 is 20.1 Å². The van der Waals surface area contributed by atoms with E-state index in [1.54, 1.807) is 49.7 Å². The Balaban J connectivity index is 2.20.